The van der Waals surface area contributed by atoms with Gasteiger partial charge in [-0.15, -0.1) is 0 Å². The standard InChI is InChI=1S/C17H20O3/c1-10-11(2)19-12(3)16(10)17(18)13-5-4-6-15(9-13)20-14-7-8-14/h4-6,9,14,17-18H,7-8H2,1-3H3. The molecule has 3 heteroatoms. The fourth-order valence-electron chi connectivity index (χ4n) is 2.52. The summed E-state index contributed by atoms with van der Waals surface area (Å²) in [6.07, 6.45) is 1.95. The topological polar surface area (TPSA) is 42.6 Å². The molecule has 1 atom stereocenters. The number of aliphatic hydroxyl groups excluding tert-OH is 1. The van der Waals surface area contributed by atoms with Gasteiger partial charge < -0.3 is 14.3 Å². The summed E-state index contributed by atoms with van der Waals surface area (Å²) in [5, 5.41) is 10.6. The summed E-state index contributed by atoms with van der Waals surface area (Å²) in [5.74, 6) is 2.47. The molecule has 20 heavy (non-hydrogen) atoms. The van der Waals surface area contributed by atoms with E-state index in [-0.39, 0.29) is 0 Å². The Kier molecular flexibility index (Phi) is 3.30. The minimum Gasteiger partial charge on any atom is -0.490 e. The van der Waals surface area contributed by atoms with Gasteiger partial charge in [-0.1, -0.05) is 12.1 Å². The van der Waals surface area contributed by atoms with Crippen LogP contribution in [0.2, 0.25) is 0 Å². The lowest BCUT2D eigenvalue weighted by Gasteiger charge is -2.13. The first-order valence-electron chi connectivity index (χ1n) is 7.07. The first-order valence-corrected chi connectivity index (χ1v) is 7.07. The Labute approximate surface area is 119 Å². The van der Waals surface area contributed by atoms with Crippen LogP contribution in [-0.2, 0) is 0 Å². The van der Waals surface area contributed by atoms with Crippen molar-refractivity contribution in [2.24, 2.45) is 0 Å². The van der Waals surface area contributed by atoms with Crippen molar-refractivity contribution in [2.45, 2.75) is 45.8 Å². The number of rotatable bonds is 4. The van der Waals surface area contributed by atoms with Crippen molar-refractivity contribution >= 4 is 0 Å². The van der Waals surface area contributed by atoms with Crippen molar-refractivity contribution < 1.29 is 14.3 Å². The predicted molar refractivity (Wildman–Crippen MR) is 77.1 cm³/mol. The average Bonchev–Trinajstić information content (AvgIpc) is 3.18. The summed E-state index contributed by atoms with van der Waals surface area (Å²) in [7, 11) is 0. The van der Waals surface area contributed by atoms with E-state index in [1.165, 1.54) is 0 Å². The molecule has 1 unspecified atom stereocenters. The first-order chi connectivity index (χ1) is 9.56. The number of hydrogen-bond acceptors (Lipinski definition) is 3. The van der Waals surface area contributed by atoms with Crippen molar-refractivity contribution in [3.8, 4) is 5.75 Å². The maximum absolute atomic E-state index is 10.6. The SMILES string of the molecule is Cc1oc(C)c(C(O)c2cccc(OC3CC3)c2)c1C. The van der Waals surface area contributed by atoms with Crippen LogP contribution in [0.4, 0.5) is 0 Å². The molecule has 2 aromatic rings. The monoisotopic (exact) mass is 272 g/mol. The molecule has 0 bridgehead atoms. The molecule has 1 N–H and O–H groups in total. The zero-order valence-corrected chi connectivity index (χ0v) is 12.1. The third-order valence-corrected chi connectivity index (χ3v) is 3.89. The molecule has 1 aliphatic rings. The lowest BCUT2D eigenvalue weighted by molar-refractivity contribution is 0.216. The molecule has 3 nitrogen and oxygen atoms in total. The minimum atomic E-state index is -0.671. The van der Waals surface area contributed by atoms with E-state index in [1.54, 1.807) is 0 Å². The van der Waals surface area contributed by atoms with Gasteiger partial charge in [0.15, 0.2) is 0 Å². The van der Waals surface area contributed by atoms with Crippen LogP contribution in [0.25, 0.3) is 0 Å². The summed E-state index contributed by atoms with van der Waals surface area (Å²) in [5.41, 5.74) is 2.73. The van der Waals surface area contributed by atoms with Crippen LogP contribution in [0.1, 0.15) is 47.2 Å². The highest BCUT2D eigenvalue weighted by Crippen LogP contribution is 2.33. The Morgan fingerprint density at radius 2 is 1.95 bits per heavy atom. The number of aliphatic hydroxyl groups is 1. The van der Waals surface area contributed by atoms with Crippen molar-refractivity contribution in [2.75, 3.05) is 0 Å². The molecule has 0 saturated heterocycles. The highest BCUT2D eigenvalue weighted by molar-refractivity contribution is 5.41. The quantitative estimate of drug-likeness (QED) is 0.919. The van der Waals surface area contributed by atoms with Crippen molar-refractivity contribution in [3.05, 3.63) is 52.5 Å². The van der Waals surface area contributed by atoms with E-state index in [1.807, 2.05) is 45.0 Å². The molecule has 1 fully saturated rings. The second-order valence-corrected chi connectivity index (χ2v) is 5.55. The zero-order valence-electron chi connectivity index (χ0n) is 12.1. The lowest BCUT2D eigenvalue weighted by atomic mass is 9.98. The minimum absolute atomic E-state index is 0.363. The molecular weight excluding hydrogens is 252 g/mol. The van der Waals surface area contributed by atoms with Crippen LogP contribution < -0.4 is 4.74 Å². The predicted octanol–water partition coefficient (Wildman–Crippen LogP) is 3.83. The van der Waals surface area contributed by atoms with Gasteiger partial charge in [-0.05, 0) is 56.9 Å². The summed E-state index contributed by atoms with van der Waals surface area (Å²) in [6, 6.07) is 7.71. The maximum atomic E-state index is 10.6. The molecule has 0 aliphatic heterocycles. The normalized spacial score (nSPS) is 16.2. The molecule has 0 amide bonds. The Hall–Kier alpha value is -1.74. The zero-order chi connectivity index (χ0) is 14.3. The van der Waals surface area contributed by atoms with Crippen LogP contribution >= 0.6 is 0 Å². The summed E-state index contributed by atoms with van der Waals surface area (Å²) >= 11 is 0. The Morgan fingerprint density at radius 1 is 1.20 bits per heavy atom. The fraction of sp³-hybridized carbons (Fsp3) is 0.412. The van der Waals surface area contributed by atoms with E-state index in [9.17, 15) is 5.11 Å². The number of hydrogen-bond donors (Lipinski definition) is 1. The Balaban J connectivity index is 1.90. The highest BCUT2D eigenvalue weighted by atomic mass is 16.5. The van der Waals surface area contributed by atoms with Gasteiger partial charge in [0.05, 0.1) is 6.10 Å². The smallest absolute Gasteiger partial charge is 0.120 e. The second-order valence-electron chi connectivity index (χ2n) is 5.55. The molecule has 106 valence electrons. The summed E-state index contributed by atoms with van der Waals surface area (Å²) < 4.78 is 11.4. The van der Waals surface area contributed by atoms with E-state index in [0.717, 1.165) is 46.8 Å². The first kappa shape index (κ1) is 13.3. The number of furan rings is 1. The van der Waals surface area contributed by atoms with E-state index in [0.29, 0.717) is 6.10 Å². The van der Waals surface area contributed by atoms with Gasteiger partial charge in [-0.3, -0.25) is 0 Å². The van der Waals surface area contributed by atoms with E-state index in [4.69, 9.17) is 9.15 Å². The molecular formula is C17H20O3. The molecule has 1 aromatic heterocycles. The molecule has 3 rings (SSSR count). The van der Waals surface area contributed by atoms with Gasteiger partial charge in [-0.25, -0.2) is 0 Å². The van der Waals surface area contributed by atoms with E-state index in [2.05, 4.69) is 0 Å². The molecule has 1 heterocycles. The van der Waals surface area contributed by atoms with E-state index >= 15 is 0 Å². The highest BCUT2D eigenvalue weighted by Gasteiger charge is 2.24. The van der Waals surface area contributed by atoms with Crippen molar-refractivity contribution in [1.29, 1.82) is 0 Å². The number of benzene rings is 1. The molecule has 0 radical (unpaired) electrons. The largest absolute Gasteiger partial charge is 0.490 e. The van der Waals surface area contributed by atoms with Crippen molar-refractivity contribution in [3.63, 3.8) is 0 Å². The van der Waals surface area contributed by atoms with Gasteiger partial charge in [0.1, 0.15) is 23.4 Å². The Bertz CT molecular complexity index is 623. The molecule has 0 spiro atoms. The molecule has 1 aromatic carbocycles. The van der Waals surface area contributed by atoms with Crippen LogP contribution in [0.5, 0.6) is 5.75 Å². The van der Waals surface area contributed by atoms with Crippen LogP contribution in [0.3, 0.4) is 0 Å². The van der Waals surface area contributed by atoms with Gasteiger partial charge in [0.25, 0.3) is 0 Å². The maximum Gasteiger partial charge on any atom is 0.120 e. The second kappa shape index (κ2) is 4.98. The Morgan fingerprint density at radius 3 is 2.55 bits per heavy atom. The van der Waals surface area contributed by atoms with Gasteiger partial charge >= 0.3 is 0 Å². The van der Waals surface area contributed by atoms with Gasteiger partial charge in [-0.2, -0.15) is 0 Å². The van der Waals surface area contributed by atoms with Gasteiger partial charge in [0.2, 0.25) is 0 Å². The van der Waals surface area contributed by atoms with Crippen LogP contribution in [0, 0.1) is 20.8 Å². The third-order valence-electron chi connectivity index (χ3n) is 3.89. The van der Waals surface area contributed by atoms with Crippen molar-refractivity contribution in [1.82, 2.24) is 0 Å². The fourth-order valence-corrected chi connectivity index (χ4v) is 2.52. The van der Waals surface area contributed by atoms with Gasteiger partial charge in [0, 0.05) is 5.56 Å². The number of ether oxygens (including phenoxy) is 1. The lowest BCUT2D eigenvalue weighted by Crippen LogP contribution is -2.03. The van der Waals surface area contributed by atoms with E-state index < -0.39 is 6.10 Å². The average molecular weight is 272 g/mol. The summed E-state index contributed by atoms with van der Waals surface area (Å²) in [4.78, 5) is 0. The molecule has 1 saturated carbocycles. The summed E-state index contributed by atoms with van der Waals surface area (Å²) in [6.45, 7) is 5.79. The molecule has 1 aliphatic carbocycles. The third kappa shape index (κ3) is 2.46. The number of aryl methyl sites for hydroxylation is 2. The van der Waals surface area contributed by atoms with Crippen LogP contribution in [0.15, 0.2) is 28.7 Å². The van der Waals surface area contributed by atoms with Crippen LogP contribution in [-0.4, -0.2) is 11.2 Å².